The van der Waals surface area contributed by atoms with Crippen molar-refractivity contribution < 1.29 is 9.59 Å². The van der Waals surface area contributed by atoms with Crippen molar-refractivity contribution in [3.63, 3.8) is 0 Å². The van der Waals surface area contributed by atoms with Crippen LogP contribution in [0, 0.1) is 0 Å². The molecule has 0 bridgehead atoms. The molecule has 0 saturated heterocycles. The van der Waals surface area contributed by atoms with Crippen LogP contribution in [0.4, 0.5) is 11.6 Å². The molecule has 1 aliphatic rings. The Balaban J connectivity index is 1.58. The second kappa shape index (κ2) is 6.32. The number of carbonyl (C=O) groups excluding carboxylic acids is 2. The maximum Gasteiger partial charge on any atom is 0.274 e. The second-order valence-electron chi connectivity index (χ2n) is 5.91. The van der Waals surface area contributed by atoms with Gasteiger partial charge in [-0.15, -0.1) is 0 Å². The summed E-state index contributed by atoms with van der Waals surface area (Å²) in [5.74, 6) is -0.634. The summed E-state index contributed by atoms with van der Waals surface area (Å²) in [7, 11) is 0. The van der Waals surface area contributed by atoms with Gasteiger partial charge in [0.1, 0.15) is 11.8 Å². The van der Waals surface area contributed by atoms with Crippen molar-refractivity contribution in [1.29, 1.82) is 0 Å². The number of nitrogens with zero attached hydrogens (tertiary/aromatic N) is 3. The Morgan fingerprint density at radius 1 is 1.12 bits per heavy atom. The fourth-order valence-corrected chi connectivity index (χ4v) is 2.88. The van der Waals surface area contributed by atoms with Crippen molar-refractivity contribution >= 4 is 40.2 Å². The van der Waals surface area contributed by atoms with Crippen molar-refractivity contribution in [2.75, 3.05) is 10.3 Å². The maximum atomic E-state index is 12.6. The van der Waals surface area contributed by atoms with Crippen molar-refractivity contribution in [2.24, 2.45) is 10.8 Å². The number of nitrogens with one attached hydrogen (secondary N) is 2. The molecule has 0 spiro atoms. The van der Waals surface area contributed by atoms with Gasteiger partial charge in [0.2, 0.25) is 11.9 Å². The van der Waals surface area contributed by atoms with E-state index in [-0.39, 0.29) is 12.1 Å². The zero-order valence-corrected chi connectivity index (χ0v) is 13.7. The number of amides is 2. The fraction of sp³-hybridized carbons (Fsp3) is 0.111. The van der Waals surface area contributed by atoms with Gasteiger partial charge < -0.3 is 10.7 Å². The van der Waals surface area contributed by atoms with Gasteiger partial charge in [-0.3, -0.25) is 19.9 Å². The Kier molecular flexibility index (Phi) is 3.85. The number of para-hydroxylation sites is 3. The molecular formula is C18H16N6O2. The van der Waals surface area contributed by atoms with Crippen molar-refractivity contribution in [3.8, 4) is 0 Å². The summed E-state index contributed by atoms with van der Waals surface area (Å²) >= 11 is 0. The molecule has 1 aliphatic heterocycles. The molecule has 4 N–H and O–H groups in total. The lowest BCUT2D eigenvalue weighted by Gasteiger charge is -2.20. The Hall–Kier alpha value is -3.68. The average molecular weight is 348 g/mol. The number of hydrogen-bond donors (Lipinski definition) is 3. The van der Waals surface area contributed by atoms with Gasteiger partial charge in [0, 0.05) is 6.42 Å². The highest BCUT2D eigenvalue weighted by Crippen LogP contribution is 2.24. The standard InChI is InChI=1S/C18H16N6O2/c19-16(25)15-10-14(23-24(15)11-6-2-1-3-7-11)17(26)22-18-20-12-8-4-5-9-13(12)21-18/h1-9,15H,10H2,(H2,19,25)(H2,20,21,22,26)/t15-/m1/s1. The molecule has 8 nitrogen and oxygen atoms in total. The highest BCUT2D eigenvalue weighted by atomic mass is 16.2. The van der Waals surface area contributed by atoms with Crippen LogP contribution in [0.25, 0.3) is 11.0 Å². The van der Waals surface area contributed by atoms with Crippen LogP contribution in [0.3, 0.4) is 0 Å². The summed E-state index contributed by atoms with van der Waals surface area (Å²) in [5, 5.41) is 8.48. The zero-order valence-electron chi connectivity index (χ0n) is 13.7. The number of benzene rings is 2. The number of rotatable bonds is 4. The molecule has 1 atom stereocenters. The number of H-pyrrole nitrogens is 1. The molecule has 0 radical (unpaired) electrons. The Labute approximate surface area is 148 Å². The van der Waals surface area contributed by atoms with Crippen LogP contribution >= 0.6 is 0 Å². The van der Waals surface area contributed by atoms with E-state index in [1.165, 1.54) is 5.01 Å². The van der Waals surface area contributed by atoms with Crippen LogP contribution in [-0.4, -0.2) is 33.5 Å². The first-order valence-corrected chi connectivity index (χ1v) is 8.09. The summed E-state index contributed by atoms with van der Waals surface area (Å²) in [6.07, 6.45) is 0.135. The van der Waals surface area contributed by atoms with E-state index in [1.807, 2.05) is 42.5 Å². The van der Waals surface area contributed by atoms with E-state index in [2.05, 4.69) is 20.4 Å². The second-order valence-corrected chi connectivity index (χ2v) is 5.91. The van der Waals surface area contributed by atoms with Crippen LogP contribution < -0.4 is 16.1 Å². The number of fused-ring (bicyclic) bond motifs is 1. The lowest BCUT2D eigenvalue weighted by Crippen LogP contribution is -2.39. The number of hydrogen-bond acceptors (Lipinski definition) is 5. The molecule has 0 saturated carbocycles. The molecule has 0 aliphatic carbocycles. The summed E-state index contributed by atoms with van der Waals surface area (Å²) in [4.78, 5) is 31.7. The molecule has 2 aromatic carbocycles. The topological polar surface area (TPSA) is 116 Å². The van der Waals surface area contributed by atoms with Gasteiger partial charge in [-0.25, -0.2) is 4.98 Å². The predicted octanol–water partition coefficient (Wildman–Crippen LogP) is 1.62. The summed E-state index contributed by atoms with van der Waals surface area (Å²) in [5.41, 5.74) is 7.97. The Morgan fingerprint density at radius 2 is 1.85 bits per heavy atom. The van der Waals surface area contributed by atoms with Crippen molar-refractivity contribution in [3.05, 3.63) is 54.6 Å². The molecule has 0 unspecified atom stereocenters. The third-order valence-electron chi connectivity index (χ3n) is 4.14. The van der Waals surface area contributed by atoms with Crippen molar-refractivity contribution in [1.82, 2.24) is 9.97 Å². The lowest BCUT2D eigenvalue weighted by molar-refractivity contribution is -0.119. The van der Waals surface area contributed by atoms with Crippen LogP contribution in [-0.2, 0) is 9.59 Å². The van der Waals surface area contributed by atoms with E-state index in [4.69, 9.17) is 5.73 Å². The minimum atomic E-state index is -0.700. The minimum Gasteiger partial charge on any atom is -0.368 e. The molecule has 2 heterocycles. The quantitative estimate of drug-likeness (QED) is 0.664. The monoisotopic (exact) mass is 348 g/mol. The summed E-state index contributed by atoms with van der Waals surface area (Å²) in [6.45, 7) is 0. The Bertz CT molecular complexity index is 978. The third-order valence-corrected chi connectivity index (χ3v) is 4.14. The van der Waals surface area contributed by atoms with E-state index in [0.717, 1.165) is 11.0 Å². The van der Waals surface area contributed by atoms with Gasteiger partial charge in [0.25, 0.3) is 5.91 Å². The van der Waals surface area contributed by atoms with Crippen LogP contribution in [0.1, 0.15) is 6.42 Å². The first kappa shape index (κ1) is 15.8. The van der Waals surface area contributed by atoms with E-state index in [1.54, 1.807) is 12.1 Å². The first-order chi connectivity index (χ1) is 12.6. The molecule has 2 amide bonds. The van der Waals surface area contributed by atoms with E-state index < -0.39 is 17.9 Å². The molecular weight excluding hydrogens is 332 g/mol. The number of carbonyl (C=O) groups is 2. The van der Waals surface area contributed by atoms with Gasteiger partial charge in [-0.1, -0.05) is 30.3 Å². The SMILES string of the molecule is NC(=O)[C@H]1CC(C(=O)Nc2nc3ccccc3[nH]2)=NN1c1ccccc1. The molecule has 26 heavy (non-hydrogen) atoms. The maximum absolute atomic E-state index is 12.6. The number of aromatic nitrogens is 2. The first-order valence-electron chi connectivity index (χ1n) is 8.09. The molecule has 0 fully saturated rings. The van der Waals surface area contributed by atoms with Crippen LogP contribution in [0.15, 0.2) is 59.7 Å². The van der Waals surface area contributed by atoms with Gasteiger partial charge in [-0.2, -0.15) is 5.10 Å². The minimum absolute atomic E-state index is 0.135. The number of aromatic amines is 1. The van der Waals surface area contributed by atoms with E-state index in [0.29, 0.717) is 11.6 Å². The van der Waals surface area contributed by atoms with Gasteiger partial charge >= 0.3 is 0 Å². The zero-order chi connectivity index (χ0) is 18.1. The van der Waals surface area contributed by atoms with E-state index >= 15 is 0 Å². The Morgan fingerprint density at radius 3 is 2.58 bits per heavy atom. The average Bonchev–Trinajstić information content (AvgIpc) is 3.26. The molecule has 130 valence electrons. The number of nitrogens with two attached hydrogens (primary N) is 1. The smallest absolute Gasteiger partial charge is 0.274 e. The van der Waals surface area contributed by atoms with E-state index in [9.17, 15) is 9.59 Å². The van der Waals surface area contributed by atoms with Crippen LogP contribution in [0.2, 0.25) is 0 Å². The van der Waals surface area contributed by atoms with Gasteiger partial charge in [0.05, 0.1) is 16.7 Å². The number of imidazole rings is 1. The summed E-state index contributed by atoms with van der Waals surface area (Å²) in [6, 6.07) is 15.9. The third kappa shape index (κ3) is 2.88. The number of anilines is 2. The number of hydrazone groups is 1. The van der Waals surface area contributed by atoms with Gasteiger partial charge in [0.15, 0.2) is 0 Å². The lowest BCUT2D eigenvalue weighted by atomic mass is 10.1. The van der Waals surface area contributed by atoms with Gasteiger partial charge in [-0.05, 0) is 24.3 Å². The molecule has 1 aromatic heterocycles. The predicted molar refractivity (Wildman–Crippen MR) is 98.7 cm³/mol. The summed E-state index contributed by atoms with van der Waals surface area (Å²) < 4.78 is 0. The van der Waals surface area contributed by atoms with Crippen molar-refractivity contribution in [2.45, 2.75) is 12.5 Å². The molecule has 8 heteroatoms. The fourth-order valence-electron chi connectivity index (χ4n) is 2.88. The highest BCUT2D eigenvalue weighted by Gasteiger charge is 2.35. The molecule has 4 rings (SSSR count). The molecule has 3 aromatic rings. The highest BCUT2D eigenvalue weighted by molar-refractivity contribution is 6.44. The number of primary amides is 1. The van der Waals surface area contributed by atoms with Crippen LogP contribution in [0.5, 0.6) is 0 Å². The largest absolute Gasteiger partial charge is 0.368 e. The normalized spacial score (nSPS) is 16.5.